The summed E-state index contributed by atoms with van der Waals surface area (Å²) in [6.45, 7) is 13.6. The third-order valence-corrected chi connectivity index (χ3v) is 8.80. The fraction of sp³-hybridized carbons (Fsp3) is 0.643. The predicted octanol–water partition coefficient (Wildman–Crippen LogP) is 3.67. The lowest BCUT2D eigenvalue weighted by Crippen LogP contribution is -2.46. The normalized spacial score (nSPS) is 12.6. The molecule has 1 heterocycles. The smallest absolute Gasteiger partial charge is 0.358 e. The summed E-state index contributed by atoms with van der Waals surface area (Å²) in [6.07, 6.45) is 0. The van der Waals surface area contributed by atoms with Crippen LogP contribution < -0.4 is 9.99 Å². The van der Waals surface area contributed by atoms with Crippen LogP contribution in [0.15, 0.2) is 9.53 Å². The zero-order valence-corrected chi connectivity index (χ0v) is 16.6. The van der Waals surface area contributed by atoms with E-state index in [0.717, 1.165) is 0 Å². The quantitative estimate of drug-likeness (QED) is 0.626. The van der Waals surface area contributed by atoms with Crippen molar-refractivity contribution in [3.8, 4) is 5.75 Å². The molecule has 1 rings (SSSR count). The van der Waals surface area contributed by atoms with E-state index in [1.807, 2.05) is 47.7 Å². The number of aromatic carboxylic acids is 1. The molecular weight excluding hydrogens is 368 g/mol. The molecule has 0 unspecified atom stereocenters. The van der Waals surface area contributed by atoms with Crippen LogP contribution in [0.2, 0.25) is 18.1 Å². The number of carbonyl (C=O) groups is 1. The summed E-state index contributed by atoms with van der Waals surface area (Å²) >= 11 is 3.16. The average Bonchev–Trinajstić information content (AvgIpc) is 2.30. The van der Waals surface area contributed by atoms with Gasteiger partial charge in [0.05, 0.1) is 0 Å². The Morgan fingerprint density at radius 2 is 1.86 bits per heavy atom. The molecule has 0 saturated carbocycles. The Kier molecular flexibility index (Phi) is 5.29. The molecular formula is C14H23BrN2O4Si. The van der Waals surface area contributed by atoms with E-state index in [4.69, 9.17) is 4.43 Å². The number of halogens is 1. The lowest BCUT2D eigenvalue weighted by Gasteiger charge is -2.36. The molecule has 1 aromatic rings. The average molecular weight is 391 g/mol. The molecule has 0 aromatic carbocycles. The van der Waals surface area contributed by atoms with E-state index >= 15 is 0 Å². The second-order valence-corrected chi connectivity index (χ2v) is 12.4. The maximum Gasteiger partial charge on any atom is 0.358 e. The van der Waals surface area contributed by atoms with Crippen LogP contribution in [0.5, 0.6) is 5.75 Å². The molecule has 0 saturated heterocycles. The van der Waals surface area contributed by atoms with Crippen LogP contribution >= 0.6 is 15.9 Å². The third kappa shape index (κ3) is 3.60. The summed E-state index contributed by atoms with van der Waals surface area (Å²) in [5, 5.41) is 9.19. The molecule has 0 aliphatic carbocycles. The molecule has 0 fully saturated rings. The first-order valence-electron chi connectivity index (χ1n) is 7.04. The van der Waals surface area contributed by atoms with E-state index in [-0.39, 0.29) is 27.3 Å². The van der Waals surface area contributed by atoms with Gasteiger partial charge in [-0.15, -0.1) is 0 Å². The van der Waals surface area contributed by atoms with Crippen molar-refractivity contribution >= 4 is 30.2 Å². The van der Waals surface area contributed by atoms with E-state index < -0.39 is 19.8 Å². The van der Waals surface area contributed by atoms with Gasteiger partial charge in [0.2, 0.25) is 5.75 Å². The van der Waals surface area contributed by atoms with Crippen LogP contribution in [0.1, 0.15) is 51.1 Å². The van der Waals surface area contributed by atoms with Gasteiger partial charge in [-0.1, -0.05) is 20.8 Å². The Morgan fingerprint density at radius 1 is 1.36 bits per heavy atom. The van der Waals surface area contributed by atoms with Crippen LogP contribution in [0.4, 0.5) is 0 Å². The van der Waals surface area contributed by atoms with Gasteiger partial charge in [0.25, 0.3) is 13.9 Å². The zero-order chi connectivity index (χ0) is 17.5. The Hall–Kier alpha value is -1.15. The van der Waals surface area contributed by atoms with Crippen LogP contribution in [-0.2, 0) is 0 Å². The Labute approximate surface area is 139 Å². The van der Waals surface area contributed by atoms with Crippen LogP contribution in [0.25, 0.3) is 0 Å². The monoisotopic (exact) mass is 390 g/mol. The van der Waals surface area contributed by atoms with E-state index in [2.05, 4.69) is 20.9 Å². The lowest BCUT2D eigenvalue weighted by molar-refractivity contribution is 0.0686. The highest BCUT2D eigenvalue weighted by molar-refractivity contribution is 9.10. The summed E-state index contributed by atoms with van der Waals surface area (Å²) in [5.41, 5.74) is -0.822. The molecule has 0 amide bonds. The molecule has 0 atom stereocenters. The van der Waals surface area contributed by atoms with Gasteiger partial charge in [-0.25, -0.2) is 9.78 Å². The van der Waals surface area contributed by atoms with Crippen molar-refractivity contribution in [3.05, 3.63) is 20.8 Å². The SMILES string of the molecule is CC(C)n1c(Br)nc(C(=O)O)c(O[Si](C)(C)C(C)(C)C)c1=O. The highest BCUT2D eigenvalue weighted by Gasteiger charge is 2.41. The van der Waals surface area contributed by atoms with Crippen LogP contribution in [0, 0.1) is 0 Å². The lowest BCUT2D eigenvalue weighted by atomic mass is 10.2. The number of hydrogen-bond acceptors (Lipinski definition) is 4. The highest BCUT2D eigenvalue weighted by Crippen LogP contribution is 2.37. The highest BCUT2D eigenvalue weighted by atomic mass is 79.9. The minimum atomic E-state index is -2.36. The molecule has 1 N–H and O–H groups in total. The molecule has 0 radical (unpaired) electrons. The van der Waals surface area contributed by atoms with Crippen molar-refractivity contribution in [2.45, 2.75) is 58.8 Å². The number of carboxylic acids is 1. The van der Waals surface area contributed by atoms with Gasteiger partial charge in [-0.3, -0.25) is 9.36 Å². The maximum atomic E-state index is 12.7. The van der Waals surface area contributed by atoms with Gasteiger partial charge >= 0.3 is 5.97 Å². The maximum absolute atomic E-state index is 12.7. The van der Waals surface area contributed by atoms with Gasteiger partial charge in [-0.05, 0) is 47.9 Å². The summed E-state index contributed by atoms with van der Waals surface area (Å²) in [7, 11) is -2.36. The zero-order valence-electron chi connectivity index (χ0n) is 14.0. The first-order valence-corrected chi connectivity index (χ1v) is 10.7. The molecule has 22 heavy (non-hydrogen) atoms. The molecule has 0 bridgehead atoms. The minimum absolute atomic E-state index is 0.162. The van der Waals surface area contributed by atoms with Crippen LogP contribution in [-0.4, -0.2) is 28.9 Å². The Morgan fingerprint density at radius 3 is 2.23 bits per heavy atom. The van der Waals surface area contributed by atoms with Crippen molar-refractivity contribution in [2.75, 3.05) is 0 Å². The first-order chi connectivity index (χ1) is 9.79. The van der Waals surface area contributed by atoms with Crippen molar-refractivity contribution < 1.29 is 14.3 Å². The van der Waals surface area contributed by atoms with Crippen molar-refractivity contribution in [1.29, 1.82) is 0 Å². The number of aromatic nitrogens is 2. The van der Waals surface area contributed by atoms with E-state index in [1.165, 1.54) is 4.57 Å². The molecule has 0 aliphatic rings. The number of rotatable bonds is 4. The second kappa shape index (κ2) is 6.15. The largest absolute Gasteiger partial charge is 0.538 e. The van der Waals surface area contributed by atoms with Gasteiger partial charge < -0.3 is 9.53 Å². The molecule has 8 heteroatoms. The standard InChI is InChI=1S/C14H23BrN2O4Si/c1-8(2)17-11(18)10(9(12(19)20)16-13(17)15)21-22(6,7)14(3,4)5/h8H,1-7H3,(H,19,20). The Balaban J connectivity index is 3.62. The van der Waals surface area contributed by atoms with E-state index in [9.17, 15) is 14.7 Å². The molecule has 124 valence electrons. The molecule has 0 aliphatic heterocycles. The fourth-order valence-electron chi connectivity index (χ4n) is 1.58. The topological polar surface area (TPSA) is 81.4 Å². The van der Waals surface area contributed by atoms with Crippen molar-refractivity contribution in [3.63, 3.8) is 0 Å². The van der Waals surface area contributed by atoms with E-state index in [0.29, 0.717) is 0 Å². The number of hydrogen-bond donors (Lipinski definition) is 1. The van der Waals surface area contributed by atoms with Crippen molar-refractivity contribution in [1.82, 2.24) is 9.55 Å². The number of carboxylic acid groups (broad SMARTS) is 1. The minimum Gasteiger partial charge on any atom is -0.538 e. The van der Waals surface area contributed by atoms with Gasteiger partial charge in [0.15, 0.2) is 10.4 Å². The predicted molar refractivity (Wildman–Crippen MR) is 91.4 cm³/mol. The molecule has 0 spiro atoms. The summed E-state index contributed by atoms with van der Waals surface area (Å²) in [5.74, 6) is -1.45. The van der Waals surface area contributed by atoms with Gasteiger partial charge in [0, 0.05) is 6.04 Å². The Bertz CT molecular complexity index is 647. The van der Waals surface area contributed by atoms with E-state index in [1.54, 1.807) is 0 Å². The first kappa shape index (κ1) is 18.9. The fourth-order valence-corrected chi connectivity index (χ4v) is 3.33. The molecule has 1 aromatic heterocycles. The van der Waals surface area contributed by atoms with Crippen molar-refractivity contribution in [2.24, 2.45) is 0 Å². The third-order valence-electron chi connectivity index (χ3n) is 3.91. The number of nitrogens with zero attached hydrogens (tertiary/aromatic N) is 2. The second-order valence-electron chi connectivity index (χ2n) is 6.99. The molecule has 6 nitrogen and oxygen atoms in total. The van der Waals surface area contributed by atoms with Gasteiger partial charge in [0.1, 0.15) is 0 Å². The summed E-state index contributed by atoms with van der Waals surface area (Å²) < 4.78 is 7.55. The van der Waals surface area contributed by atoms with Gasteiger partial charge in [-0.2, -0.15) is 0 Å². The van der Waals surface area contributed by atoms with Crippen LogP contribution in [0.3, 0.4) is 0 Å². The summed E-state index contributed by atoms with van der Waals surface area (Å²) in [6, 6.07) is -0.168. The summed E-state index contributed by atoms with van der Waals surface area (Å²) in [4.78, 5) is 28.1.